The zero-order valence-electron chi connectivity index (χ0n) is 21.5. The number of benzene rings is 1. The van der Waals surface area contributed by atoms with E-state index in [9.17, 15) is 9.59 Å². The van der Waals surface area contributed by atoms with E-state index in [1.165, 1.54) is 0 Å². The van der Waals surface area contributed by atoms with Crippen LogP contribution in [0.1, 0.15) is 71.8 Å². The molecule has 1 aromatic carbocycles. The fraction of sp³-hybridized carbons (Fsp3) is 0.704. The number of ether oxygens (including phenoxy) is 3. The van der Waals surface area contributed by atoms with Crippen molar-refractivity contribution < 1.29 is 23.8 Å². The van der Waals surface area contributed by atoms with Gasteiger partial charge < -0.3 is 19.1 Å². The van der Waals surface area contributed by atoms with Gasteiger partial charge in [0.15, 0.2) is 0 Å². The van der Waals surface area contributed by atoms with Gasteiger partial charge in [-0.3, -0.25) is 9.69 Å². The van der Waals surface area contributed by atoms with Gasteiger partial charge in [0, 0.05) is 35.8 Å². The van der Waals surface area contributed by atoms with Crippen molar-refractivity contribution in [3.05, 3.63) is 28.8 Å². The highest BCUT2D eigenvalue weighted by Gasteiger charge is 2.52. The van der Waals surface area contributed by atoms with Crippen LogP contribution in [0.4, 0.5) is 4.79 Å². The second-order valence-corrected chi connectivity index (χ2v) is 11.7. The van der Waals surface area contributed by atoms with E-state index in [1.54, 1.807) is 0 Å². The van der Waals surface area contributed by atoms with Crippen molar-refractivity contribution in [2.24, 2.45) is 5.41 Å². The number of piperidine rings is 1. The van der Waals surface area contributed by atoms with Gasteiger partial charge in [-0.05, 0) is 84.9 Å². The Balaban J connectivity index is 1.41. The zero-order chi connectivity index (χ0) is 25.3. The molecule has 1 amide bonds. The highest BCUT2D eigenvalue weighted by molar-refractivity contribution is 6.30. The van der Waals surface area contributed by atoms with Crippen LogP contribution in [0.5, 0.6) is 5.75 Å². The number of nitrogens with zero attached hydrogens (tertiary/aromatic N) is 2. The second kappa shape index (κ2) is 10.2. The lowest BCUT2D eigenvalue weighted by Crippen LogP contribution is -2.53. The normalized spacial score (nSPS) is 21.1. The van der Waals surface area contributed by atoms with Gasteiger partial charge in [0.05, 0.1) is 6.61 Å². The SMILES string of the molecule is CCOC(=O)C1(COc2cc(Cl)ccc2CN2CCCC23CCN(C(=O)OC(C)(C)C)CC3)CC1. The first-order chi connectivity index (χ1) is 16.6. The molecular weight excluding hydrogens is 468 g/mol. The predicted octanol–water partition coefficient (Wildman–Crippen LogP) is 5.43. The van der Waals surface area contributed by atoms with Crippen molar-refractivity contribution in [1.82, 2.24) is 9.80 Å². The molecule has 1 aliphatic carbocycles. The summed E-state index contributed by atoms with van der Waals surface area (Å²) in [5, 5.41) is 0.617. The van der Waals surface area contributed by atoms with Gasteiger partial charge in [-0.2, -0.15) is 0 Å². The van der Waals surface area contributed by atoms with E-state index in [0.29, 0.717) is 31.3 Å². The van der Waals surface area contributed by atoms with Crippen molar-refractivity contribution in [2.45, 2.75) is 83.9 Å². The lowest BCUT2D eigenvalue weighted by Gasteiger charge is -2.45. The van der Waals surface area contributed by atoms with Crippen molar-refractivity contribution in [1.29, 1.82) is 0 Å². The Morgan fingerprint density at radius 1 is 1.06 bits per heavy atom. The second-order valence-electron chi connectivity index (χ2n) is 11.3. The summed E-state index contributed by atoms with van der Waals surface area (Å²) in [6.07, 6.45) is 5.51. The Kier molecular flexibility index (Phi) is 7.58. The van der Waals surface area contributed by atoms with Gasteiger partial charge in [-0.15, -0.1) is 0 Å². The molecule has 35 heavy (non-hydrogen) atoms. The molecule has 3 aliphatic rings. The molecule has 0 unspecified atom stereocenters. The van der Waals surface area contributed by atoms with Crippen LogP contribution in [0, 0.1) is 5.41 Å². The predicted molar refractivity (Wildman–Crippen MR) is 135 cm³/mol. The molecule has 8 heteroatoms. The first-order valence-electron chi connectivity index (χ1n) is 12.9. The van der Waals surface area contributed by atoms with Crippen LogP contribution in [0.25, 0.3) is 0 Å². The topological polar surface area (TPSA) is 68.3 Å². The highest BCUT2D eigenvalue weighted by Crippen LogP contribution is 2.47. The number of rotatable bonds is 7. The minimum atomic E-state index is -0.515. The monoisotopic (exact) mass is 506 g/mol. The summed E-state index contributed by atoms with van der Waals surface area (Å²) < 4.78 is 17.0. The lowest BCUT2D eigenvalue weighted by atomic mass is 9.85. The summed E-state index contributed by atoms with van der Waals surface area (Å²) in [4.78, 5) is 29.3. The van der Waals surface area contributed by atoms with E-state index in [-0.39, 0.29) is 17.6 Å². The van der Waals surface area contributed by atoms with E-state index >= 15 is 0 Å². The quantitative estimate of drug-likeness (QED) is 0.459. The first kappa shape index (κ1) is 26.1. The third kappa shape index (κ3) is 6.05. The number of hydrogen-bond donors (Lipinski definition) is 0. The number of halogens is 1. The van der Waals surface area contributed by atoms with Gasteiger partial charge in [0.2, 0.25) is 0 Å². The molecule has 1 spiro atoms. The summed E-state index contributed by atoms with van der Waals surface area (Å²) in [7, 11) is 0. The van der Waals surface area contributed by atoms with Crippen LogP contribution in [0.2, 0.25) is 5.02 Å². The van der Waals surface area contributed by atoms with Gasteiger partial charge in [0.25, 0.3) is 0 Å². The fourth-order valence-corrected chi connectivity index (χ4v) is 5.46. The Bertz CT molecular complexity index is 932. The molecule has 0 aromatic heterocycles. The number of carbonyl (C=O) groups excluding carboxylic acids is 2. The van der Waals surface area contributed by atoms with Crippen LogP contribution < -0.4 is 4.74 Å². The Hall–Kier alpha value is -1.99. The average molecular weight is 507 g/mol. The Labute approximate surface area is 214 Å². The number of esters is 1. The molecule has 7 nitrogen and oxygen atoms in total. The molecule has 3 fully saturated rings. The summed E-state index contributed by atoms with van der Waals surface area (Å²) >= 11 is 6.31. The molecule has 0 N–H and O–H groups in total. The molecule has 4 rings (SSSR count). The Morgan fingerprint density at radius 2 is 1.77 bits per heavy atom. The van der Waals surface area contributed by atoms with Gasteiger partial charge in [0.1, 0.15) is 23.4 Å². The third-order valence-electron chi connectivity index (χ3n) is 7.54. The van der Waals surface area contributed by atoms with E-state index < -0.39 is 11.0 Å². The summed E-state index contributed by atoms with van der Waals surface area (Å²) in [6, 6.07) is 5.78. The zero-order valence-corrected chi connectivity index (χ0v) is 22.3. The van der Waals surface area contributed by atoms with Crippen LogP contribution in [-0.4, -0.2) is 65.9 Å². The molecular formula is C27H39ClN2O5. The van der Waals surface area contributed by atoms with E-state index in [4.69, 9.17) is 25.8 Å². The van der Waals surface area contributed by atoms with Gasteiger partial charge in [-0.25, -0.2) is 4.79 Å². The maximum absolute atomic E-state index is 12.5. The minimum Gasteiger partial charge on any atom is -0.492 e. The fourth-order valence-electron chi connectivity index (χ4n) is 5.30. The third-order valence-corrected chi connectivity index (χ3v) is 7.78. The molecule has 0 bridgehead atoms. The van der Waals surface area contributed by atoms with E-state index in [0.717, 1.165) is 62.9 Å². The summed E-state index contributed by atoms with van der Waals surface area (Å²) in [6.45, 7) is 11.4. The van der Waals surface area contributed by atoms with E-state index in [1.807, 2.05) is 50.8 Å². The van der Waals surface area contributed by atoms with Crippen molar-refractivity contribution in [2.75, 3.05) is 32.8 Å². The molecule has 2 heterocycles. The van der Waals surface area contributed by atoms with Gasteiger partial charge in [-0.1, -0.05) is 17.7 Å². The lowest BCUT2D eigenvalue weighted by molar-refractivity contribution is -0.150. The average Bonchev–Trinajstić information content (AvgIpc) is 3.50. The van der Waals surface area contributed by atoms with Crippen molar-refractivity contribution in [3.8, 4) is 5.75 Å². The number of likely N-dealkylation sites (tertiary alicyclic amines) is 2. The number of amides is 1. The minimum absolute atomic E-state index is 0.0814. The van der Waals surface area contributed by atoms with E-state index in [2.05, 4.69) is 4.90 Å². The maximum atomic E-state index is 12.5. The maximum Gasteiger partial charge on any atom is 0.410 e. The standard InChI is InChI=1S/C27H39ClN2O5/c1-5-33-23(31)26(10-11-26)19-34-22-17-21(28)8-7-20(22)18-30-14-6-9-27(30)12-15-29(16-13-27)24(32)35-25(2,3)4/h7-8,17H,5-6,9-16,18-19H2,1-4H3. The number of carbonyl (C=O) groups is 2. The molecule has 2 aliphatic heterocycles. The summed E-state index contributed by atoms with van der Waals surface area (Å²) in [5.41, 5.74) is 0.157. The van der Waals surface area contributed by atoms with Gasteiger partial charge >= 0.3 is 12.1 Å². The smallest absolute Gasteiger partial charge is 0.410 e. The van der Waals surface area contributed by atoms with Crippen LogP contribution in [0.3, 0.4) is 0 Å². The van der Waals surface area contributed by atoms with Crippen LogP contribution in [-0.2, 0) is 20.8 Å². The highest BCUT2D eigenvalue weighted by atomic mass is 35.5. The molecule has 1 aromatic rings. The Morgan fingerprint density at radius 3 is 2.40 bits per heavy atom. The molecule has 0 atom stereocenters. The van der Waals surface area contributed by atoms with Crippen LogP contribution in [0.15, 0.2) is 18.2 Å². The summed E-state index contributed by atoms with van der Waals surface area (Å²) in [5.74, 6) is 0.570. The first-order valence-corrected chi connectivity index (χ1v) is 13.3. The largest absolute Gasteiger partial charge is 0.492 e. The molecule has 194 valence electrons. The number of hydrogen-bond acceptors (Lipinski definition) is 6. The van der Waals surface area contributed by atoms with Crippen molar-refractivity contribution >= 4 is 23.7 Å². The van der Waals surface area contributed by atoms with Crippen molar-refractivity contribution in [3.63, 3.8) is 0 Å². The molecule has 1 saturated carbocycles. The molecule has 2 saturated heterocycles. The molecule has 0 radical (unpaired) electrons. The van der Waals surface area contributed by atoms with Crippen LogP contribution >= 0.6 is 11.6 Å².